The van der Waals surface area contributed by atoms with E-state index in [4.69, 9.17) is 30.3 Å². The first-order valence-corrected chi connectivity index (χ1v) is 15.4. The first-order chi connectivity index (χ1) is 22.3. The van der Waals surface area contributed by atoms with Crippen molar-refractivity contribution in [3.05, 3.63) is 94.8 Å². The number of hydrogen-bond acceptors (Lipinski definition) is 8. The molecule has 3 amide bonds. The number of likely N-dealkylation sites (tertiary alicyclic amines) is 1. The molecule has 0 spiro atoms. The van der Waals surface area contributed by atoms with E-state index < -0.39 is 12.1 Å². The fourth-order valence-corrected chi connectivity index (χ4v) is 5.73. The molecule has 12 heteroatoms. The van der Waals surface area contributed by atoms with E-state index in [1.165, 1.54) is 0 Å². The fraction of sp³-hybridized carbons (Fsp3) is 0.294. The predicted octanol–water partition coefficient (Wildman–Crippen LogP) is 4.42. The molecule has 2 atom stereocenters. The van der Waals surface area contributed by atoms with Gasteiger partial charge in [0, 0.05) is 56.1 Å². The second kappa shape index (κ2) is 13.9. The summed E-state index contributed by atoms with van der Waals surface area (Å²) in [5.74, 6) is 1.56. The lowest BCUT2D eigenvalue weighted by Gasteiger charge is -2.39. The summed E-state index contributed by atoms with van der Waals surface area (Å²) in [4.78, 5) is 41.2. The second-order valence-corrected chi connectivity index (χ2v) is 11.5. The van der Waals surface area contributed by atoms with Crippen LogP contribution in [0.3, 0.4) is 0 Å². The molecular weight excluding hydrogens is 612 g/mol. The molecule has 6 bridgehead atoms. The Hall–Kier alpha value is -5.03. The van der Waals surface area contributed by atoms with E-state index in [0.29, 0.717) is 60.1 Å². The number of hydrogen-bond donors (Lipinski definition) is 2. The third-order valence-corrected chi connectivity index (χ3v) is 8.19. The highest BCUT2D eigenvalue weighted by Crippen LogP contribution is 2.33. The number of aryl methyl sites for hydroxylation is 1. The van der Waals surface area contributed by atoms with Gasteiger partial charge in [0.15, 0.2) is 11.8 Å². The van der Waals surface area contributed by atoms with Crippen molar-refractivity contribution in [2.24, 2.45) is 0 Å². The van der Waals surface area contributed by atoms with Gasteiger partial charge < -0.3 is 34.3 Å². The number of methoxy groups -OCH3 is 1. The van der Waals surface area contributed by atoms with Crippen LogP contribution in [0.5, 0.6) is 17.2 Å². The van der Waals surface area contributed by atoms with E-state index in [1.807, 2.05) is 36.4 Å². The molecule has 1 aromatic heterocycles. The molecular formula is C34H33ClN4O7. The lowest BCUT2D eigenvalue weighted by atomic mass is 9.98. The van der Waals surface area contributed by atoms with Crippen LogP contribution in [0, 0.1) is 0 Å². The Labute approximate surface area is 270 Å². The van der Waals surface area contributed by atoms with Crippen molar-refractivity contribution < 1.29 is 33.1 Å². The van der Waals surface area contributed by atoms with Gasteiger partial charge in [-0.25, -0.2) is 0 Å². The normalized spacial score (nSPS) is 18.3. The zero-order chi connectivity index (χ0) is 32.0. The number of halogens is 1. The molecule has 2 N–H and O–H groups in total. The summed E-state index contributed by atoms with van der Waals surface area (Å²) >= 11 is 5.85. The quantitative estimate of drug-likeness (QED) is 0.334. The first-order valence-electron chi connectivity index (χ1n) is 15.0. The highest BCUT2D eigenvalue weighted by molar-refractivity contribution is 6.29. The molecule has 4 aromatic rings. The maximum absolute atomic E-state index is 13.8. The lowest BCUT2D eigenvalue weighted by Crippen LogP contribution is -2.58. The SMILES string of the molecule is COc1ccc2cc1-c1cccc(c1)OCC(=O)NCc1ccc(cc1)O[C@@H]1CCN(C(=O)CCc3cc(Cl)no3)C[C@H]1NC2=O. The monoisotopic (exact) mass is 644 g/mol. The van der Waals surface area contributed by atoms with Gasteiger partial charge in [0.1, 0.15) is 29.1 Å². The number of rotatable bonds is 4. The minimum Gasteiger partial charge on any atom is -0.496 e. The number of ether oxygens (including phenoxy) is 3. The number of amides is 3. The molecule has 1 saturated heterocycles. The maximum atomic E-state index is 13.8. The van der Waals surface area contributed by atoms with Gasteiger partial charge in [-0.15, -0.1) is 0 Å². The Morgan fingerprint density at radius 3 is 2.67 bits per heavy atom. The molecule has 0 aliphatic carbocycles. The van der Waals surface area contributed by atoms with E-state index in [2.05, 4.69) is 15.8 Å². The topological polar surface area (TPSA) is 132 Å². The average Bonchev–Trinajstić information content (AvgIpc) is 3.50. The van der Waals surface area contributed by atoms with Crippen molar-refractivity contribution in [2.75, 3.05) is 26.8 Å². The Morgan fingerprint density at radius 1 is 1.04 bits per heavy atom. The van der Waals surface area contributed by atoms with Gasteiger partial charge in [0.25, 0.3) is 11.8 Å². The van der Waals surface area contributed by atoms with Crippen LogP contribution in [0.15, 0.2) is 77.3 Å². The standard InChI is InChI=1S/C34H33ClN4O7/c1-43-29-11-7-23-16-27(29)22-3-2-4-25(15-22)44-20-32(40)36-18-21-5-8-24(9-6-21)45-30-13-14-39(19-28(30)37-34(23)42)33(41)12-10-26-17-31(35)38-46-26/h2-9,11,15-17,28,30H,10,12-14,18-20H2,1H3,(H,36,40)(H,37,42)/t28-,30-/m1/s1. The number of carbonyl (C=O) groups is 3. The summed E-state index contributed by atoms with van der Waals surface area (Å²) in [6.45, 7) is 0.897. The Balaban J connectivity index is 1.28. The van der Waals surface area contributed by atoms with Crippen LogP contribution in [0.2, 0.25) is 5.15 Å². The molecule has 46 heavy (non-hydrogen) atoms. The number of nitrogens with zero attached hydrogens (tertiary/aromatic N) is 2. The Kier molecular flexibility index (Phi) is 9.39. The molecule has 0 saturated carbocycles. The van der Waals surface area contributed by atoms with Crippen LogP contribution < -0.4 is 24.8 Å². The number of fused-ring (bicyclic) bond motifs is 7. The second-order valence-electron chi connectivity index (χ2n) is 11.1. The summed E-state index contributed by atoms with van der Waals surface area (Å²) < 4.78 is 22.9. The molecule has 3 aliphatic rings. The molecule has 11 nitrogen and oxygen atoms in total. The van der Waals surface area contributed by atoms with Gasteiger partial charge >= 0.3 is 0 Å². The van der Waals surface area contributed by atoms with Crippen LogP contribution in [-0.2, 0) is 22.6 Å². The summed E-state index contributed by atoms with van der Waals surface area (Å²) in [7, 11) is 1.56. The smallest absolute Gasteiger partial charge is 0.258 e. The van der Waals surface area contributed by atoms with Crippen molar-refractivity contribution in [1.29, 1.82) is 0 Å². The van der Waals surface area contributed by atoms with Crippen molar-refractivity contribution in [1.82, 2.24) is 20.7 Å². The number of carbonyl (C=O) groups excluding carboxylic acids is 3. The fourth-order valence-electron chi connectivity index (χ4n) is 5.57. The van der Waals surface area contributed by atoms with Crippen LogP contribution in [0.1, 0.15) is 34.5 Å². The predicted molar refractivity (Wildman–Crippen MR) is 169 cm³/mol. The molecule has 0 unspecified atom stereocenters. The van der Waals surface area contributed by atoms with E-state index in [1.54, 1.807) is 48.4 Å². The zero-order valence-corrected chi connectivity index (χ0v) is 25.9. The van der Waals surface area contributed by atoms with Gasteiger partial charge in [-0.1, -0.05) is 41.0 Å². The highest BCUT2D eigenvalue weighted by Gasteiger charge is 2.34. The first kappa shape index (κ1) is 31.0. The number of piperidine rings is 1. The minimum atomic E-state index is -0.503. The van der Waals surface area contributed by atoms with Gasteiger partial charge in [-0.2, -0.15) is 0 Å². The summed E-state index contributed by atoms with van der Waals surface area (Å²) in [6.07, 6.45) is 0.673. The van der Waals surface area contributed by atoms with E-state index in [-0.39, 0.29) is 42.4 Å². The van der Waals surface area contributed by atoms with E-state index in [9.17, 15) is 14.4 Å². The van der Waals surface area contributed by atoms with Gasteiger partial charge in [-0.05, 0) is 53.6 Å². The molecule has 3 aromatic carbocycles. The van der Waals surface area contributed by atoms with Gasteiger partial charge in [-0.3, -0.25) is 14.4 Å². The van der Waals surface area contributed by atoms with Crippen LogP contribution in [0.4, 0.5) is 0 Å². The number of aromatic nitrogens is 1. The van der Waals surface area contributed by atoms with Crippen molar-refractivity contribution in [3.63, 3.8) is 0 Å². The molecule has 238 valence electrons. The molecule has 4 heterocycles. The largest absolute Gasteiger partial charge is 0.496 e. The minimum absolute atomic E-state index is 0.0769. The Morgan fingerprint density at radius 2 is 1.89 bits per heavy atom. The van der Waals surface area contributed by atoms with Crippen molar-refractivity contribution in [2.45, 2.75) is 38.0 Å². The van der Waals surface area contributed by atoms with E-state index in [0.717, 1.165) is 11.1 Å². The Bertz CT molecular complexity index is 1720. The van der Waals surface area contributed by atoms with Gasteiger partial charge in [0.2, 0.25) is 5.91 Å². The lowest BCUT2D eigenvalue weighted by molar-refractivity contribution is -0.133. The molecule has 7 rings (SSSR count). The molecule has 0 radical (unpaired) electrons. The number of benzene rings is 3. The van der Waals surface area contributed by atoms with Crippen LogP contribution in [0.25, 0.3) is 11.1 Å². The highest BCUT2D eigenvalue weighted by atomic mass is 35.5. The van der Waals surface area contributed by atoms with Crippen LogP contribution >= 0.6 is 11.6 Å². The summed E-state index contributed by atoms with van der Waals surface area (Å²) in [6, 6.07) is 20.9. The van der Waals surface area contributed by atoms with E-state index >= 15 is 0 Å². The molecule has 1 fully saturated rings. The third-order valence-electron chi connectivity index (χ3n) is 8.01. The average molecular weight is 645 g/mol. The van der Waals surface area contributed by atoms with Crippen molar-refractivity contribution in [3.8, 4) is 28.4 Å². The van der Waals surface area contributed by atoms with Gasteiger partial charge in [0.05, 0.1) is 13.2 Å². The molecule has 3 aliphatic heterocycles. The summed E-state index contributed by atoms with van der Waals surface area (Å²) in [5, 5.41) is 9.92. The van der Waals surface area contributed by atoms with Crippen LogP contribution in [-0.4, -0.2) is 66.7 Å². The van der Waals surface area contributed by atoms with Crippen molar-refractivity contribution >= 4 is 29.3 Å². The zero-order valence-electron chi connectivity index (χ0n) is 25.2. The number of nitrogens with one attached hydrogen (secondary N) is 2. The summed E-state index contributed by atoms with van der Waals surface area (Å²) in [5.41, 5.74) is 2.73. The maximum Gasteiger partial charge on any atom is 0.258 e. The third kappa shape index (κ3) is 7.43.